The van der Waals surface area contributed by atoms with Gasteiger partial charge in [0.15, 0.2) is 0 Å². The van der Waals surface area contributed by atoms with Crippen LogP contribution < -0.4 is 10.6 Å². The highest BCUT2D eigenvalue weighted by Gasteiger charge is 2.39. The largest absolute Gasteiger partial charge is 0.340 e. The van der Waals surface area contributed by atoms with Gasteiger partial charge in [-0.1, -0.05) is 39.8 Å². The number of hydrogen-bond acceptors (Lipinski definition) is 6. The number of nitrogens with zero attached hydrogens (tertiary/aromatic N) is 6. The summed E-state index contributed by atoms with van der Waals surface area (Å²) in [5.74, 6) is 1.15. The molecule has 14 nitrogen and oxygen atoms in total. The summed E-state index contributed by atoms with van der Waals surface area (Å²) in [7, 11) is 6.65. The Morgan fingerprint density at radius 2 is 1.13 bits per heavy atom. The quantitative estimate of drug-likeness (QED) is 0.190. The monoisotopic (exact) mass is 712 g/mol. The van der Waals surface area contributed by atoms with Crippen LogP contribution in [-0.4, -0.2) is 117 Å². The fraction of sp³-hybridized carbons (Fsp3) is 0.526. The predicted octanol–water partition coefficient (Wildman–Crippen LogP) is 5.02. The predicted molar refractivity (Wildman–Crippen MR) is 200 cm³/mol. The van der Waals surface area contributed by atoms with Crippen molar-refractivity contribution in [3.8, 4) is 11.1 Å². The number of amides is 6. The minimum Gasteiger partial charge on any atom is -0.340 e. The summed E-state index contributed by atoms with van der Waals surface area (Å²) in [6.45, 7) is 8.98. The molecule has 14 heteroatoms. The van der Waals surface area contributed by atoms with Crippen molar-refractivity contribution >= 4 is 45.9 Å². The Kier molecular flexibility index (Phi) is 10.5. The second-order valence-corrected chi connectivity index (χ2v) is 15.2. The van der Waals surface area contributed by atoms with E-state index in [0.717, 1.165) is 70.5 Å². The van der Waals surface area contributed by atoms with Crippen LogP contribution in [0, 0.1) is 11.8 Å². The Labute approximate surface area is 304 Å². The fourth-order valence-electron chi connectivity index (χ4n) is 7.27. The van der Waals surface area contributed by atoms with E-state index in [4.69, 9.17) is 9.97 Å². The third-order valence-corrected chi connectivity index (χ3v) is 10.3. The van der Waals surface area contributed by atoms with Crippen LogP contribution in [0.1, 0.15) is 77.1 Å². The Bertz CT molecular complexity index is 1820. The second kappa shape index (κ2) is 14.8. The second-order valence-electron chi connectivity index (χ2n) is 15.2. The summed E-state index contributed by atoms with van der Waals surface area (Å²) >= 11 is 0. The Hall–Kier alpha value is -5.14. The van der Waals surface area contributed by atoms with Crippen molar-refractivity contribution in [1.29, 1.82) is 0 Å². The van der Waals surface area contributed by atoms with E-state index in [-0.39, 0.29) is 47.8 Å². The Morgan fingerprint density at radius 3 is 1.63 bits per heavy atom. The highest BCUT2D eigenvalue weighted by molar-refractivity contribution is 5.90. The van der Waals surface area contributed by atoms with Crippen LogP contribution in [0.15, 0.2) is 36.4 Å². The third kappa shape index (κ3) is 7.28. The first-order valence-electron chi connectivity index (χ1n) is 18.3. The van der Waals surface area contributed by atoms with Gasteiger partial charge in [0, 0.05) is 41.3 Å². The van der Waals surface area contributed by atoms with Gasteiger partial charge in [0.2, 0.25) is 11.8 Å². The van der Waals surface area contributed by atoms with E-state index in [1.165, 1.54) is 9.80 Å². The van der Waals surface area contributed by atoms with Gasteiger partial charge in [0.1, 0.15) is 23.7 Å². The van der Waals surface area contributed by atoms with Crippen LogP contribution in [0.2, 0.25) is 0 Å². The Morgan fingerprint density at radius 1 is 0.673 bits per heavy atom. The molecule has 2 saturated heterocycles. The first-order valence-corrected chi connectivity index (χ1v) is 18.3. The van der Waals surface area contributed by atoms with Gasteiger partial charge in [0.25, 0.3) is 0 Å². The zero-order chi connectivity index (χ0) is 37.4. The first kappa shape index (κ1) is 36.6. The summed E-state index contributed by atoms with van der Waals surface area (Å²) in [5, 5.41) is 5.79. The van der Waals surface area contributed by atoms with E-state index >= 15 is 0 Å². The average molecular weight is 713 g/mol. The highest BCUT2D eigenvalue weighted by Crippen LogP contribution is 2.36. The molecule has 2 aromatic heterocycles. The van der Waals surface area contributed by atoms with E-state index in [0.29, 0.717) is 13.1 Å². The minimum absolute atomic E-state index is 0.0710. The smallest absolute Gasteiger partial charge is 0.317 e. The standard InChI is InChI=1S/C38H52N10O4/c1-21(2)31(43-37(51)45(5)6)35(49)47-17-9-11-29(47)33-39-25-15-13-23(19-27(25)41-33)24-14-16-26-28(20-24)42-34(40-26)30-12-10-18-48(30)36(50)32(22(3)4)44-38(52)46(7)8/h13-16,19-22,29-32H,9-12,17-18H2,1-8H3,(H,39,41)(H,40,42)(H,43,51)(H,44,52)/t29-,30-,31-,32-/m0/s1. The first-order chi connectivity index (χ1) is 24.7. The summed E-state index contributed by atoms with van der Waals surface area (Å²) in [5.41, 5.74) is 5.36. The van der Waals surface area contributed by atoms with Crippen LogP contribution in [0.4, 0.5) is 9.59 Å². The summed E-state index contributed by atoms with van der Waals surface area (Å²) in [4.78, 5) is 75.8. The van der Waals surface area contributed by atoms with Gasteiger partial charge in [-0.3, -0.25) is 9.59 Å². The number of urea groups is 2. The number of fused-ring (bicyclic) bond motifs is 2. The summed E-state index contributed by atoms with van der Waals surface area (Å²) in [6.07, 6.45) is 3.29. The van der Waals surface area contributed by atoms with E-state index < -0.39 is 12.1 Å². The van der Waals surface area contributed by atoms with E-state index in [2.05, 4.69) is 38.8 Å². The number of hydrogen-bond donors (Lipinski definition) is 4. The van der Waals surface area contributed by atoms with Gasteiger partial charge in [-0.25, -0.2) is 19.6 Å². The number of carbonyl (C=O) groups is 4. The lowest BCUT2D eigenvalue weighted by atomic mass is 10.0. The normalized spacial score (nSPS) is 18.7. The van der Waals surface area contributed by atoms with E-state index in [1.807, 2.05) is 55.7 Å². The molecule has 0 radical (unpaired) electrons. The number of imidazole rings is 2. The minimum atomic E-state index is -0.631. The molecular formula is C38H52N10O4. The third-order valence-electron chi connectivity index (χ3n) is 10.3. The van der Waals surface area contributed by atoms with Crippen LogP contribution in [-0.2, 0) is 9.59 Å². The molecule has 6 amide bonds. The average Bonchev–Trinajstić information content (AvgIpc) is 3.92. The molecule has 2 fully saturated rings. The Balaban J connectivity index is 1.21. The van der Waals surface area contributed by atoms with Gasteiger partial charge < -0.3 is 40.2 Å². The molecule has 2 aliphatic heterocycles. The summed E-state index contributed by atoms with van der Waals surface area (Å²) in [6, 6.07) is 9.96. The lowest BCUT2D eigenvalue weighted by molar-refractivity contribution is -0.136. The maximum Gasteiger partial charge on any atom is 0.317 e. The van der Waals surface area contributed by atoms with Gasteiger partial charge in [-0.15, -0.1) is 0 Å². The molecule has 2 aliphatic rings. The van der Waals surface area contributed by atoms with Crippen LogP contribution in [0.5, 0.6) is 0 Å². The molecule has 4 atom stereocenters. The lowest BCUT2D eigenvalue weighted by Crippen LogP contribution is -2.53. The number of aromatic amines is 2. The molecule has 0 aliphatic carbocycles. The molecule has 4 aromatic rings. The molecule has 0 saturated carbocycles. The molecule has 0 spiro atoms. The van der Waals surface area contributed by atoms with Crippen LogP contribution in [0.25, 0.3) is 33.2 Å². The number of likely N-dealkylation sites (tertiary alicyclic amines) is 2. The van der Waals surface area contributed by atoms with Crippen molar-refractivity contribution < 1.29 is 19.2 Å². The van der Waals surface area contributed by atoms with Crippen molar-refractivity contribution in [2.24, 2.45) is 11.8 Å². The number of benzene rings is 2. The van der Waals surface area contributed by atoms with Crippen molar-refractivity contribution in [2.45, 2.75) is 77.5 Å². The SMILES string of the molecule is CC(C)[C@H](NC(=O)N(C)C)C(=O)N1CCC[C@H]1c1nc2cc(-c3ccc4nc([C@@H]5CCCN5C(=O)[C@@H](NC(=O)N(C)C)C(C)C)[nH]c4c3)ccc2[nH]1. The molecule has 4 heterocycles. The molecule has 52 heavy (non-hydrogen) atoms. The number of carbonyl (C=O) groups excluding carboxylic acids is 4. The van der Waals surface area contributed by atoms with Gasteiger partial charge in [-0.2, -0.15) is 0 Å². The number of nitrogens with one attached hydrogen (secondary N) is 4. The van der Waals surface area contributed by atoms with E-state index in [9.17, 15) is 19.2 Å². The topological polar surface area (TPSA) is 163 Å². The van der Waals surface area contributed by atoms with E-state index in [1.54, 1.807) is 28.2 Å². The van der Waals surface area contributed by atoms with Gasteiger partial charge in [0.05, 0.1) is 34.2 Å². The molecular weight excluding hydrogens is 660 g/mol. The molecule has 278 valence electrons. The number of rotatable bonds is 9. The van der Waals surface area contributed by atoms with Gasteiger partial charge in [-0.05, 0) is 72.9 Å². The molecule has 2 aromatic carbocycles. The maximum absolute atomic E-state index is 13.8. The molecule has 0 bridgehead atoms. The van der Waals surface area contributed by atoms with Crippen molar-refractivity contribution in [1.82, 2.24) is 50.2 Å². The fourth-order valence-corrected chi connectivity index (χ4v) is 7.27. The highest BCUT2D eigenvalue weighted by atomic mass is 16.2. The molecule has 0 unspecified atom stereocenters. The molecule has 6 rings (SSSR count). The summed E-state index contributed by atoms with van der Waals surface area (Å²) < 4.78 is 0. The molecule has 4 N–H and O–H groups in total. The number of aromatic nitrogens is 4. The zero-order valence-corrected chi connectivity index (χ0v) is 31.5. The van der Waals surface area contributed by atoms with Gasteiger partial charge >= 0.3 is 12.1 Å². The van der Waals surface area contributed by atoms with Crippen molar-refractivity contribution in [2.75, 3.05) is 41.3 Å². The zero-order valence-electron chi connectivity index (χ0n) is 31.5. The van der Waals surface area contributed by atoms with Crippen LogP contribution in [0.3, 0.4) is 0 Å². The van der Waals surface area contributed by atoms with Crippen molar-refractivity contribution in [3.63, 3.8) is 0 Å². The maximum atomic E-state index is 13.8. The number of H-pyrrole nitrogens is 2. The van der Waals surface area contributed by atoms with Crippen molar-refractivity contribution in [3.05, 3.63) is 48.0 Å². The lowest BCUT2D eigenvalue weighted by Gasteiger charge is -2.31. The van der Waals surface area contributed by atoms with Crippen LogP contribution >= 0.6 is 0 Å².